The normalized spacial score (nSPS) is 11.4. The van der Waals surface area contributed by atoms with E-state index in [-0.39, 0.29) is 5.82 Å². The number of hydrogen-bond donors (Lipinski definition) is 2. The number of hydrazone groups is 1. The summed E-state index contributed by atoms with van der Waals surface area (Å²) in [6.07, 6.45) is 0.972. The summed E-state index contributed by atoms with van der Waals surface area (Å²) in [5.74, 6) is -0.710. The van der Waals surface area contributed by atoms with Crippen LogP contribution in [0.5, 0.6) is 0 Å². The zero-order valence-corrected chi connectivity index (χ0v) is 14.6. The zero-order valence-electron chi connectivity index (χ0n) is 14.6. The molecule has 2 N–H and O–H groups in total. The molecule has 0 saturated heterocycles. The van der Waals surface area contributed by atoms with Crippen molar-refractivity contribution in [1.29, 1.82) is 0 Å². The lowest BCUT2D eigenvalue weighted by Crippen LogP contribution is -2.19. The van der Waals surface area contributed by atoms with E-state index in [1.807, 2.05) is 24.3 Å². The largest absolute Gasteiger partial charge is 0.289 e. The van der Waals surface area contributed by atoms with E-state index in [0.717, 1.165) is 17.5 Å². The fourth-order valence-corrected chi connectivity index (χ4v) is 2.45. The van der Waals surface area contributed by atoms with Crippen LogP contribution in [0, 0.1) is 5.82 Å². The molecule has 0 aliphatic rings. The van der Waals surface area contributed by atoms with Gasteiger partial charge in [-0.2, -0.15) is 10.2 Å². The highest BCUT2D eigenvalue weighted by molar-refractivity contribution is 6.00. The van der Waals surface area contributed by atoms with Crippen molar-refractivity contribution < 1.29 is 9.18 Å². The molecule has 132 valence electrons. The van der Waals surface area contributed by atoms with Gasteiger partial charge in [0, 0.05) is 5.56 Å². The third kappa shape index (κ3) is 4.03. The van der Waals surface area contributed by atoms with E-state index in [4.69, 9.17) is 0 Å². The van der Waals surface area contributed by atoms with Crippen LogP contribution in [0.1, 0.15) is 35.5 Å². The topological polar surface area (TPSA) is 70.1 Å². The molecule has 0 spiro atoms. The molecule has 5 nitrogen and oxygen atoms in total. The van der Waals surface area contributed by atoms with Crippen LogP contribution in [0.4, 0.5) is 4.39 Å². The minimum atomic E-state index is -0.393. The molecule has 26 heavy (non-hydrogen) atoms. The van der Waals surface area contributed by atoms with Crippen molar-refractivity contribution in [3.63, 3.8) is 0 Å². The number of hydrogen-bond acceptors (Lipinski definition) is 3. The van der Waals surface area contributed by atoms with Crippen molar-refractivity contribution in [3.8, 4) is 11.3 Å². The second kappa shape index (κ2) is 7.74. The Labute approximate surface area is 151 Å². The third-order valence-electron chi connectivity index (χ3n) is 4.07. The Morgan fingerprint density at radius 3 is 2.50 bits per heavy atom. The average Bonchev–Trinajstić information content (AvgIpc) is 3.17. The fourth-order valence-electron chi connectivity index (χ4n) is 2.45. The van der Waals surface area contributed by atoms with E-state index in [9.17, 15) is 9.18 Å². The van der Waals surface area contributed by atoms with Crippen LogP contribution in [-0.4, -0.2) is 21.8 Å². The van der Waals surface area contributed by atoms with Crippen LogP contribution in [0.15, 0.2) is 59.7 Å². The molecular formula is C20H19FN4O. The highest BCUT2D eigenvalue weighted by atomic mass is 19.1. The number of carbonyl (C=O) groups excluding carboxylic acids is 1. The second-order valence-corrected chi connectivity index (χ2v) is 5.86. The van der Waals surface area contributed by atoms with E-state index >= 15 is 0 Å². The maximum absolute atomic E-state index is 12.9. The number of benzene rings is 2. The van der Waals surface area contributed by atoms with E-state index in [2.05, 4.69) is 27.6 Å². The van der Waals surface area contributed by atoms with Crippen molar-refractivity contribution in [3.05, 3.63) is 77.2 Å². The number of rotatable bonds is 5. The van der Waals surface area contributed by atoms with Crippen LogP contribution >= 0.6 is 0 Å². The molecule has 0 radical (unpaired) electrons. The van der Waals surface area contributed by atoms with E-state index in [1.54, 1.807) is 25.1 Å². The minimum absolute atomic E-state index is 0.315. The van der Waals surface area contributed by atoms with Gasteiger partial charge in [-0.3, -0.25) is 9.89 Å². The lowest BCUT2D eigenvalue weighted by molar-refractivity contribution is 0.0950. The summed E-state index contributed by atoms with van der Waals surface area (Å²) in [4.78, 5) is 12.2. The first-order chi connectivity index (χ1) is 12.6. The molecule has 3 rings (SSSR count). The van der Waals surface area contributed by atoms with Crippen LogP contribution in [-0.2, 0) is 6.42 Å². The van der Waals surface area contributed by atoms with Gasteiger partial charge in [-0.15, -0.1) is 0 Å². The lowest BCUT2D eigenvalue weighted by Gasteiger charge is -2.01. The number of aromatic amines is 1. The third-order valence-corrected chi connectivity index (χ3v) is 4.07. The van der Waals surface area contributed by atoms with Gasteiger partial charge in [-0.05, 0) is 42.7 Å². The van der Waals surface area contributed by atoms with E-state index in [0.29, 0.717) is 17.1 Å². The van der Waals surface area contributed by atoms with E-state index in [1.165, 1.54) is 17.7 Å². The van der Waals surface area contributed by atoms with E-state index < -0.39 is 5.91 Å². The van der Waals surface area contributed by atoms with Gasteiger partial charge in [-0.1, -0.05) is 43.3 Å². The standard InChI is InChI=1S/C20H19FN4O/c1-3-14-4-6-16(7-5-14)18-12-19(24-23-18)20(26)25-22-13(2)15-8-10-17(21)11-9-15/h4-12H,3H2,1-2H3,(H,23,24)(H,25,26)/b22-13-. The van der Waals surface area contributed by atoms with Gasteiger partial charge in [0.2, 0.25) is 0 Å². The quantitative estimate of drug-likeness (QED) is 0.541. The summed E-state index contributed by atoms with van der Waals surface area (Å²) < 4.78 is 12.9. The SMILES string of the molecule is CCc1ccc(-c2cc(C(=O)N/N=C(/C)c3ccc(F)cc3)[nH]n2)cc1. The molecule has 3 aromatic rings. The monoisotopic (exact) mass is 350 g/mol. The molecule has 0 bridgehead atoms. The first-order valence-corrected chi connectivity index (χ1v) is 8.32. The Kier molecular flexibility index (Phi) is 5.22. The van der Waals surface area contributed by atoms with Gasteiger partial charge in [0.25, 0.3) is 5.91 Å². The summed E-state index contributed by atoms with van der Waals surface area (Å²) in [6, 6.07) is 15.6. The Bertz CT molecular complexity index is 927. The molecule has 0 fully saturated rings. The number of aromatic nitrogens is 2. The number of carbonyl (C=O) groups is 1. The summed E-state index contributed by atoms with van der Waals surface area (Å²) in [5.41, 5.74) is 6.97. The van der Waals surface area contributed by atoms with Crippen LogP contribution in [0.25, 0.3) is 11.3 Å². The maximum atomic E-state index is 12.9. The number of aryl methyl sites for hydroxylation is 1. The van der Waals surface area contributed by atoms with Crippen molar-refractivity contribution in [2.24, 2.45) is 5.10 Å². The molecule has 0 aliphatic heterocycles. The van der Waals surface area contributed by atoms with Crippen molar-refractivity contribution >= 4 is 11.6 Å². The van der Waals surface area contributed by atoms with Gasteiger partial charge in [-0.25, -0.2) is 9.82 Å². The molecule has 1 aromatic heterocycles. The van der Waals surface area contributed by atoms with Crippen molar-refractivity contribution in [1.82, 2.24) is 15.6 Å². The Morgan fingerprint density at radius 2 is 1.85 bits per heavy atom. The summed E-state index contributed by atoms with van der Waals surface area (Å²) in [5, 5.41) is 11.0. The Balaban J connectivity index is 1.69. The number of halogens is 1. The lowest BCUT2D eigenvalue weighted by atomic mass is 10.1. The molecule has 1 amide bonds. The second-order valence-electron chi connectivity index (χ2n) is 5.86. The number of nitrogens with zero attached hydrogens (tertiary/aromatic N) is 2. The molecule has 6 heteroatoms. The van der Waals surface area contributed by atoms with Gasteiger partial charge < -0.3 is 0 Å². The van der Waals surface area contributed by atoms with Crippen LogP contribution in [0.2, 0.25) is 0 Å². The van der Waals surface area contributed by atoms with Gasteiger partial charge in [0.15, 0.2) is 0 Å². The summed E-state index contributed by atoms with van der Waals surface area (Å²) in [6.45, 7) is 3.83. The summed E-state index contributed by atoms with van der Waals surface area (Å²) in [7, 11) is 0. The predicted octanol–water partition coefficient (Wildman–Crippen LogP) is 3.93. The maximum Gasteiger partial charge on any atom is 0.289 e. The summed E-state index contributed by atoms with van der Waals surface area (Å²) >= 11 is 0. The first kappa shape index (κ1) is 17.5. The number of nitrogens with one attached hydrogen (secondary N) is 2. The number of amides is 1. The molecule has 0 aliphatic carbocycles. The van der Waals surface area contributed by atoms with Gasteiger partial charge >= 0.3 is 0 Å². The van der Waals surface area contributed by atoms with Crippen molar-refractivity contribution in [2.75, 3.05) is 0 Å². The molecule has 2 aromatic carbocycles. The highest BCUT2D eigenvalue weighted by Gasteiger charge is 2.11. The molecular weight excluding hydrogens is 331 g/mol. The molecule has 0 saturated carbocycles. The minimum Gasteiger partial charge on any atom is -0.272 e. The highest BCUT2D eigenvalue weighted by Crippen LogP contribution is 2.18. The predicted molar refractivity (Wildman–Crippen MR) is 99.5 cm³/mol. The van der Waals surface area contributed by atoms with Crippen LogP contribution < -0.4 is 5.43 Å². The zero-order chi connectivity index (χ0) is 18.5. The van der Waals surface area contributed by atoms with Gasteiger partial charge in [0.05, 0.1) is 11.4 Å². The molecule has 0 atom stereocenters. The molecule has 1 heterocycles. The first-order valence-electron chi connectivity index (χ1n) is 8.32. The Hall–Kier alpha value is -3.28. The van der Waals surface area contributed by atoms with Crippen LogP contribution in [0.3, 0.4) is 0 Å². The average molecular weight is 350 g/mol. The fraction of sp³-hybridized carbons (Fsp3) is 0.150. The molecule has 0 unspecified atom stereocenters. The Morgan fingerprint density at radius 1 is 1.15 bits per heavy atom. The van der Waals surface area contributed by atoms with Gasteiger partial charge in [0.1, 0.15) is 11.5 Å². The number of H-pyrrole nitrogens is 1. The van der Waals surface area contributed by atoms with Crippen molar-refractivity contribution in [2.45, 2.75) is 20.3 Å². The smallest absolute Gasteiger partial charge is 0.272 e.